The summed E-state index contributed by atoms with van der Waals surface area (Å²) in [5, 5.41) is 3.68. The van der Waals surface area contributed by atoms with E-state index in [1.807, 2.05) is 0 Å². The van der Waals surface area contributed by atoms with Crippen LogP contribution in [0.2, 0.25) is 0 Å². The van der Waals surface area contributed by atoms with Crippen LogP contribution >= 0.6 is 11.3 Å². The molecule has 1 aromatic heterocycles. The number of para-hydroxylation sites is 1. The molecule has 10 heteroatoms. The van der Waals surface area contributed by atoms with Gasteiger partial charge in [-0.05, 0) is 37.6 Å². The molecule has 3 rings (SSSR count). The van der Waals surface area contributed by atoms with Crippen molar-refractivity contribution in [2.45, 2.75) is 25.7 Å². The number of amides is 1. The molecule has 6 nitrogen and oxygen atoms in total. The first-order valence-electron chi connectivity index (χ1n) is 8.76. The van der Waals surface area contributed by atoms with Gasteiger partial charge >= 0.3 is 17.8 Å². The van der Waals surface area contributed by atoms with Crippen LogP contribution < -0.4 is 10.6 Å². The summed E-state index contributed by atoms with van der Waals surface area (Å²) in [7, 11) is 0.811. The Morgan fingerprint density at radius 2 is 1.73 bits per heavy atom. The molecular formula is C20H18F3N3O3S. The molecule has 0 aliphatic rings. The van der Waals surface area contributed by atoms with Crippen molar-refractivity contribution >= 4 is 38.6 Å². The van der Waals surface area contributed by atoms with Crippen LogP contribution in [0.4, 0.5) is 18.3 Å². The normalized spacial score (nSPS) is 13.5. The fourth-order valence-corrected chi connectivity index (χ4v) is 3.79. The minimum Gasteiger partial charge on any atom is -0.466 e. The summed E-state index contributed by atoms with van der Waals surface area (Å²) in [6, 6.07) is 11.1. The van der Waals surface area contributed by atoms with Crippen LogP contribution in [0.1, 0.15) is 21.5 Å². The van der Waals surface area contributed by atoms with Gasteiger partial charge in [0.05, 0.1) is 17.3 Å². The third-order valence-corrected chi connectivity index (χ3v) is 5.38. The lowest BCUT2D eigenvalue weighted by Gasteiger charge is -2.34. The van der Waals surface area contributed by atoms with Crippen molar-refractivity contribution in [2.75, 3.05) is 12.4 Å². The molecular weight excluding hydrogens is 419 g/mol. The van der Waals surface area contributed by atoms with Crippen molar-refractivity contribution in [3.8, 4) is 0 Å². The zero-order chi connectivity index (χ0) is 22.1. The van der Waals surface area contributed by atoms with Crippen molar-refractivity contribution in [1.82, 2.24) is 10.3 Å². The molecule has 0 radical (unpaired) electrons. The Bertz CT molecular complexity index is 1100. The van der Waals surface area contributed by atoms with E-state index >= 15 is 0 Å². The molecule has 2 N–H and O–H groups in total. The maximum absolute atomic E-state index is 14.2. The number of rotatable bonds is 5. The highest BCUT2D eigenvalue weighted by atomic mass is 32.1. The summed E-state index contributed by atoms with van der Waals surface area (Å²) in [5.41, 5.74) is -1.48. The minimum absolute atomic E-state index is 0.0416. The molecule has 0 aliphatic heterocycles. The monoisotopic (exact) mass is 437 g/mol. The van der Waals surface area contributed by atoms with Crippen LogP contribution in [0, 0.1) is 13.8 Å². The van der Waals surface area contributed by atoms with Gasteiger partial charge in [0, 0.05) is 5.56 Å². The predicted molar refractivity (Wildman–Crippen MR) is 107 cm³/mol. The molecule has 0 fully saturated rings. The number of ether oxygens (including phenoxy) is 1. The van der Waals surface area contributed by atoms with E-state index in [-0.39, 0.29) is 10.7 Å². The Morgan fingerprint density at radius 3 is 2.30 bits per heavy atom. The summed E-state index contributed by atoms with van der Waals surface area (Å²) < 4.78 is 47.6. The predicted octanol–water partition coefficient (Wildman–Crippen LogP) is 4.19. The number of hydrogen-bond donors (Lipinski definition) is 2. The van der Waals surface area contributed by atoms with Crippen LogP contribution in [0.15, 0.2) is 42.5 Å². The Balaban J connectivity index is 2.06. The van der Waals surface area contributed by atoms with Crippen LogP contribution in [-0.2, 0) is 9.53 Å². The number of thiazole rings is 1. The van der Waals surface area contributed by atoms with Gasteiger partial charge in [0.1, 0.15) is 0 Å². The molecule has 0 saturated heterocycles. The molecule has 1 heterocycles. The zero-order valence-corrected chi connectivity index (χ0v) is 17.1. The third kappa shape index (κ3) is 3.95. The van der Waals surface area contributed by atoms with Crippen molar-refractivity contribution in [3.63, 3.8) is 0 Å². The largest absolute Gasteiger partial charge is 0.466 e. The first kappa shape index (κ1) is 21.6. The van der Waals surface area contributed by atoms with Gasteiger partial charge < -0.3 is 15.4 Å². The molecule has 0 spiro atoms. The maximum Gasteiger partial charge on any atom is 0.442 e. The second kappa shape index (κ2) is 7.94. The van der Waals surface area contributed by atoms with Crippen molar-refractivity contribution in [2.24, 2.45) is 0 Å². The molecule has 1 atom stereocenters. The average Bonchev–Trinajstić information content (AvgIpc) is 3.10. The minimum atomic E-state index is -5.23. The summed E-state index contributed by atoms with van der Waals surface area (Å²) in [6.07, 6.45) is -5.23. The fourth-order valence-electron chi connectivity index (χ4n) is 2.79. The van der Waals surface area contributed by atoms with Gasteiger partial charge in [0.25, 0.3) is 5.91 Å². The van der Waals surface area contributed by atoms with E-state index in [4.69, 9.17) is 0 Å². The lowest BCUT2D eigenvalue weighted by Crippen LogP contribution is -2.69. The van der Waals surface area contributed by atoms with Crippen LogP contribution in [0.25, 0.3) is 10.2 Å². The Kier molecular flexibility index (Phi) is 5.71. The number of anilines is 1. The van der Waals surface area contributed by atoms with E-state index < -0.39 is 23.7 Å². The number of alkyl halides is 3. The number of halogens is 3. The van der Waals surface area contributed by atoms with E-state index in [0.717, 1.165) is 29.6 Å². The first-order chi connectivity index (χ1) is 14.1. The van der Waals surface area contributed by atoms with E-state index in [2.05, 4.69) is 15.0 Å². The number of carbonyl (C=O) groups is 2. The second-order valence-corrected chi connectivity index (χ2v) is 7.66. The number of fused-ring (bicyclic) bond motifs is 1. The van der Waals surface area contributed by atoms with Crippen molar-refractivity contribution < 1.29 is 27.5 Å². The van der Waals surface area contributed by atoms with Gasteiger partial charge in [-0.1, -0.05) is 41.2 Å². The van der Waals surface area contributed by atoms with Gasteiger partial charge in [-0.25, -0.2) is 9.78 Å². The Hall–Kier alpha value is -3.14. The second-order valence-electron chi connectivity index (χ2n) is 6.63. The average molecular weight is 437 g/mol. The molecule has 2 aromatic carbocycles. The van der Waals surface area contributed by atoms with Crippen LogP contribution in [0.3, 0.4) is 0 Å². The number of carbonyl (C=O) groups excluding carboxylic acids is 2. The summed E-state index contributed by atoms with van der Waals surface area (Å²) in [6.45, 7) is 3.54. The van der Waals surface area contributed by atoms with Gasteiger partial charge in [0.15, 0.2) is 5.13 Å². The van der Waals surface area contributed by atoms with E-state index in [1.165, 1.54) is 12.1 Å². The number of esters is 1. The topological polar surface area (TPSA) is 80.3 Å². The smallest absolute Gasteiger partial charge is 0.442 e. The number of nitrogens with zero attached hydrogens (tertiary/aromatic N) is 1. The van der Waals surface area contributed by atoms with Crippen LogP contribution in [-0.4, -0.2) is 35.8 Å². The summed E-state index contributed by atoms with van der Waals surface area (Å²) in [5.74, 6) is -2.81. The number of nitrogens with one attached hydrogen (secondary N) is 2. The summed E-state index contributed by atoms with van der Waals surface area (Å²) in [4.78, 5) is 29.1. The van der Waals surface area contributed by atoms with Gasteiger partial charge in [-0.2, -0.15) is 13.2 Å². The lowest BCUT2D eigenvalue weighted by molar-refractivity contribution is -0.203. The number of aromatic nitrogens is 1. The molecule has 0 aliphatic carbocycles. The standard InChI is InChI=1S/C20H18F3N3O3S/c1-11-7-9-13(10-8-11)16(27)25-19(17(28)29-3,20(21,22)23)26-18-24-15-12(2)5-4-6-14(15)30-18/h4-10H,1-3H3,(H,24,26)(H,25,27)/t19-/m1/s1. The third-order valence-electron chi connectivity index (χ3n) is 4.45. The van der Waals surface area contributed by atoms with Crippen molar-refractivity contribution in [3.05, 3.63) is 59.2 Å². The highest BCUT2D eigenvalue weighted by Crippen LogP contribution is 2.36. The highest BCUT2D eigenvalue weighted by molar-refractivity contribution is 7.22. The maximum atomic E-state index is 14.2. The van der Waals surface area contributed by atoms with Crippen LogP contribution in [0.5, 0.6) is 0 Å². The molecule has 1 amide bonds. The summed E-state index contributed by atoms with van der Waals surface area (Å²) >= 11 is 0.926. The quantitative estimate of drug-likeness (QED) is 0.462. The van der Waals surface area contributed by atoms with E-state index in [0.29, 0.717) is 10.2 Å². The number of benzene rings is 2. The highest BCUT2D eigenvalue weighted by Gasteiger charge is 2.64. The van der Waals surface area contributed by atoms with Gasteiger partial charge in [-0.3, -0.25) is 4.79 Å². The van der Waals surface area contributed by atoms with E-state index in [9.17, 15) is 22.8 Å². The molecule has 3 aromatic rings. The number of aryl methyl sites for hydroxylation is 2. The SMILES string of the molecule is COC(=O)[C@@](NC(=O)c1ccc(C)cc1)(Nc1nc2c(C)cccc2s1)C(F)(F)F. The van der Waals surface area contributed by atoms with E-state index in [1.54, 1.807) is 49.5 Å². The zero-order valence-electron chi connectivity index (χ0n) is 16.3. The lowest BCUT2D eigenvalue weighted by atomic mass is 10.1. The number of methoxy groups -OCH3 is 1. The Morgan fingerprint density at radius 1 is 1.07 bits per heavy atom. The molecule has 158 valence electrons. The Labute approximate surface area is 174 Å². The van der Waals surface area contributed by atoms with Crippen molar-refractivity contribution in [1.29, 1.82) is 0 Å². The number of hydrogen-bond acceptors (Lipinski definition) is 6. The van der Waals surface area contributed by atoms with Gasteiger partial charge in [0.2, 0.25) is 0 Å². The molecule has 0 bridgehead atoms. The van der Waals surface area contributed by atoms with Gasteiger partial charge in [-0.15, -0.1) is 0 Å². The molecule has 0 saturated carbocycles. The molecule has 0 unspecified atom stereocenters. The molecule has 30 heavy (non-hydrogen) atoms. The fraction of sp³-hybridized carbons (Fsp3) is 0.250. The first-order valence-corrected chi connectivity index (χ1v) is 9.57.